The highest BCUT2D eigenvalue weighted by atomic mass is 35.5. The van der Waals surface area contributed by atoms with Crippen molar-refractivity contribution in [3.8, 4) is 5.75 Å². The van der Waals surface area contributed by atoms with Gasteiger partial charge in [-0.2, -0.15) is 4.98 Å². The van der Waals surface area contributed by atoms with E-state index in [9.17, 15) is 4.79 Å². The van der Waals surface area contributed by atoms with E-state index in [1.54, 1.807) is 37.4 Å². The van der Waals surface area contributed by atoms with Gasteiger partial charge in [0.15, 0.2) is 0 Å². The number of hydrogen-bond donors (Lipinski definition) is 2. The molecule has 8 heteroatoms. The highest BCUT2D eigenvalue weighted by Gasteiger charge is 2.14. The Balaban J connectivity index is 1.75. The molecule has 1 amide bonds. The fraction of sp³-hybridized carbons (Fsp3) is 0.150. The third-order valence-electron chi connectivity index (χ3n) is 4.03. The molecule has 1 heterocycles. The summed E-state index contributed by atoms with van der Waals surface area (Å²) >= 11 is 5.92. The van der Waals surface area contributed by atoms with Crippen LogP contribution in [0.1, 0.15) is 16.1 Å². The quantitative estimate of drug-likeness (QED) is 0.660. The molecule has 0 bridgehead atoms. The summed E-state index contributed by atoms with van der Waals surface area (Å²) in [5.41, 5.74) is 7.67. The molecule has 1 aromatic heterocycles. The largest absolute Gasteiger partial charge is 0.497 e. The molecule has 0 spiro atoms. The summed E-state index contributed by atoms with van der Waals surface area (Å²) in [5.74, 6) is 0.901. The van der Waals surface area contributed by atoms with Crippen LogP contribution in [0.25, 0.3) is 0 Å². The van der Waals surface area contributed by atoms with E-state index in [4.69, 9.17) is 22.1 Å². The number of amides is 1. The van der Waals surface area contributed by atoms with Crippen molar-refractivity contribution in [2.45, 2.75) is 6.54 Å². The second kappa shape index (κ2) is 8.58. The first-order valence-electron chi connectivity index (χ1n) is 8.50. The van der Waals surface area contributed by atoms with Gasteiger partial charge in [0.1, 0.15) is 17.3 Å². The van der Waals surface area contributed by atoms with Gasteiger partial charge >= 0.3 is 0 Å². The van der Waals surface area contributed by atoms with Crippen LogP contribution < -0.4 is 20.7 Å². The van der Waals surface area contributed by atoms with Gasteiger partial charge in [0, 0.05) is 30.4 Å². The SMILES string of the molecule is COc1ccc(NC(=O)c2cc(N(C)Cc3ccc(Cl)cc3)nc(N)n2)cc1. The van der Waals surface area contributed by atoms with Gasteiger partial charge in [0.2, 0.25) is 5.95 Å². The number of nitrogens with zero attached hydrogens (tertiary/aromatic N) is 3. The van der Waals surface area contributed by atoms with E-state index in [2.05, 4.69) is 15.3 Å². The van der Waals surface area contributed by atoms with E-state index in [1.165, 1.54) is 0 Å². The van der Waals surface area contributed by atoms with Gasteiger partial charge in [-0.3, -0.25) is 4.79 Å². The Kier molecular flexibility index (Phi) is 5.96. The average molecular weight is 398 g/mol. The molecule has 3 rings (SSSR count). The van der Waals surface area contributed by atoms with Gasteiger partial charge in [0.05, 0.1) is 7.11 Å². The second-order valence-corrected chi connectivity index (χ2v) is 6.57. The van der Waals surface area contributed by atoms with E-state index in [0.29, 0.717) is 28.8 Å². The molecule has 0 aliphatic carbocycles. The van der Waals surface area contributed by atoms with E-state index in [-0.39, 0.29) is 17.5 Å². The van der Waals surface area contributed by atoms with Crippen molar-refractivity contribution in [3.05, 3.63) is 70.9 Å². The van der Waals surface area contributed by atoms with Crippen molar-refractivity contribution in [2.75, 3.05) is 30.1 Å². The lowest BCUT2D eigenvalue weighted by Crippen LogP contribution is -2.21. The maximum atomic E-state index is 12.6. The van der Waals surface area contributed by atoms with Gasteiger partial charge in [-0.1, -0.05) is 23.7 Å². The van der Waals surface area contributed by atoms with Crippen LogP contribution in [0.15, 0.2) is 54.6 Å². The number of hydrogen-bond acceptors (Lipinski definition) is 6. The van der Waals surface area contributed by atoms with Crippen molar-refractivity contribution in [2.24, 2.45) is 0 Å². The van der Waals surface area contributed by atoms with Crippen molar-refractivity contribution in [1.29, 1.82) is 0 Å². The van der Waals surface area contributed by atoms with E-state index in [1.807, 2.05) is 36.2 Å². The number of benzene rings is 2. The predicted molar refractivity (Wildman–Crippen MR) is 111 cm³/mol. The van der Waals surface area contributed by atoms with E-state index >= 15 is 0 Å². The number of rotatable bonds is 6. The lowest BCUT2D eigenvalue weighted by molar-refractivity contribution is 0.102. The lowest BCUT2D eigenvalue weighted by atomic mass is 10.2. The predicted octanol–water partition coefficient (Wildman–Crippen LogP) is 3.61. The molecule has 0 radical (unpaired) electrons. The number of carbonyl (C=O) groups is 1. The highest BCUT2D eigenvalue weighted by molar-refractivity contribution is 6.30. The van der Waals surface area contributed by atoms with E-state index < -0.39 is 0 Å². The highest BCUT2D eigenvalue weighted by Crippen LogP contribution is 2.19. The molecule has 0 saturated carbocycles. The summed E-state index contributed by atoms with van der Waals surface area (Å²) in [6.07, 6.45) is 0. The third kappa shape index (κ3) is 4.89. The Morgan fingerprint density at radius 2 is 1.82 bits per heavy atom. The van der Waals surface area contributed by atoms with Crippen molar-refractivity contribution >= 4 is 35.0 Å². The number of nitrogens with one attached hydrogen (secondary N) is 1. The molecule has 0 fully saturated rings. The van der Waals surface area contributed by atoms with Crippen LogP contribution >= 0.6 is 11.6 Å². The fourth-order valence-corrected chi connectivity index (χ4v) is 2.70. The molecule has 28 heavy (non-hydrogen) atoms. The average Bonchev–Trinajstić information content (AvgIpc) is 2.69. The smallest absolute Gasteiger partial charge is 0.274 e. The van der Waals surface area contributed by atoms with Crippen LogP contribution in [0, 0.1) is 0 Å². The molecule has 144 valence electrons. The molecule has 0 saturated heterocycles. The summed E-state index contributed by atoms with van der Waals surface area (Å²) in [7, 11) is 3.45. The van der Waals surface area contributed by atoms with Crippen LogP contribution in [0.3, 0.4) is 0 Å². The first-order valence-corrected chi connectivity index (χ1v) is 8.88. The zero-order valence-corrected chi connectivity index (χ0v) is 16.3. The molecule has 2 aromatic carbocycles. The van der Waals surface area contributed by atoms with Gasteiger partial charge in [-0.05, 0) is 42.0 Å². The summed E-state index contributed by atoms with van der Waals surface area (Å²) in [6, 6.07) is 16.1. The van der Waals surface area contributed by atoms with Crippen molar-refractivity contribution in [1.82, 2.24) is 9.97 Å². The Morgan fingerprint density at radius 1 is 1.14 bits per heavy atom. The molecule has 3 aromatic rings. The van der Waals surface area contributed by atoms with Gasteiger partial charge < -0.3 is 20.7 Å². The van der Waals surface area contributed by atoms with Gasteiger partial charge in [-0.15, -0.1) is 0 Å². The minimum atomic E-state index is -0.375. The Hall–Kier alpha value is -3.32. The first-order chi connectivity index (χ1) is 13.4. The van der Waals surface area contributed by atoms with Crippen molar-refractivity contribution < 1.29 is 9.53 Å². The summed E-state index contributed by atoms with van der Waals surface area (Å²) < 4.78 is 5.11. The molecule has 0 aliphatic heterocycles. The fourth-order valence-electron chi connectivity index (χ4n) is 2.58. The number of ether oxygens (including phenoxy) is 1. The number of nitrogens with two attached hydrogens (primary N) is 1. The maximum absolute atomic E-state index is 12.6. The normalized spacial score (nSPS) is 10.4. The van der Waals surface area contributed by atoms with E-state index in [0.717, 1.165) is 5.56 Å². The summed E-state index contributed by atoms with van der Waals surface area (Å²) in [6.45, 7) is 0.577. The zero-order chi connectivity index (χ0) is 20.1. The summed E-state index contributed by atoms with van der Waals surface area (Å²) in [4.78, 5) is 22.7. The first kappa shape index (κ1) is 19.4. The third-order valence-corrected chi connectivity index (χ3v) is 4.29. The number of methoxy groups -OCH3 is 1. The standard InChI is InChI=1S/C20H20ClN5O2/c1-26(12-13-3-5-14(21)6-4-13)18-11-17(24-20(22)25-18)19(27)23-15-7-9-16(28-2)10-8-15/h3-11H,12H2,1-2H3,(H,23,27)(H2,22,24,25). The number of carbonyl (C=O) groups excluding carboxylic acids is 1. The lowest BCUT2D eigenvalue weighted by Gasteiger charge is -2.19. The summed E-state index contributed by atoms with van der Waals surface area (Å²) in [5, 5.41) is 3.46. The number of aromatic nitrogens is 2. The molecule has 0 aliphatic rings. The topological polar surface area (TPSA) is 93.4 Å². The number of anilines is 3. The van der Waals surface area contributed by atoms with Crippen molar-refractivity contribution in [3.63, 3.8) is 0 Å². The van der Waals surface area contributed by atoms with Crippen LogP contribution in [0.5, 0.6) is 5.75 Å². The molecular formula is C20H20ClN5O2. The zero-order valence-electron chi connectivity index (χ0n) is 15.5. The molecular weight excluding hydrogens is 378 g/mol. The molecule has 0 unspecified atom stereocenters. The second-order valence-electron chi connectivity index (χ2n) is 6.13. The monoisotopic (exact) mass is 397 g/mol. The van der Waals surface area contributed by atoms with Crippen LogP contribution in [0.2, 0.25) is 5.02 Å². The molecule has 3 N–H and O–H groups in total. The Morgan fingerprint density at radius 3 is 2.46 bits per heavy atom. The maximum Gasteiger partial charge on any atom is 0.274 e. The Bertz CT molecular complexity index is 961. The molecule has 0 atom stereocenters. The minimum absolute atomic E-state index is 0.0281. The van der Waals surface area contributed by atoms with Crippen LogP contribution in [-0.4, -0.2) is 30.0 Å². The number of halogens is 1. The van der Waals surface area contributed by atoms with Crippen LogP contribution in [-0.2, 0) is 6.54 Å². The number of nitrogen functional groups attached to an aromatic ring is 1. The van der Waals surface area contributed by atoms with Crippen LogP contribution in [0.4, 0.5) is 17.5 Å². The van der Waals surface area contributed by atoms with Gasteiger partial charge in [-0.25, -0.2) is 4.98 Å². The Labute approximate surface area is 168 Å². The molecule has 7 nitrogen and oxygen atoms in total. The van der Waals surface area contributed by atoms with Gasteiger partial charge in [0.25, 0.3) is 5.91 Å². The minimum Gasteiger partial charge on any atom is -0.497 e.